The maximum Gasteiger partial charge on any atom is 0.227 e. The fourth-order valence-corrected chi connectivity index (χ4v) is 3.41. The van der Waals surface area contributed by atoms with Crippen LogP contribution in [0.3, 0.4) is 0 Å². The van der Waals surface area contributed by atoms with E-state index in [9.17, 15) is 4.79 Å². The predicted octanol–water partition coefficient (Wildman–Crippen LogP) is 3.26. The number of rotatable bonds is 10. The monoisotopic (exact) mass is 418 g/mol. The van der Waals surface area contributed by atoms with E-state index < -0.39 is 0 Å². The van der Waals surface area contributed by atoms with Crippen LogP contribution in [0.15, 0.2) is 29.3 Å². The summed E-state index contributed by atoms with van der Waals surface area (Å²) >= 11 is 0. The van der Waals surface area contributed by atoms with E-state index >= 15 is 0 Å². The Morgan fingerprint density at radius 3 is 2.73 bits per heavy atom. The van der Waals surface area contributed by atoms with E-state index in [1.54, 1.807) is 7.11 Å². The Balaban J connectivity index is 1.79. The normalized spacial score (nSPS) is 16.4. The second kappa shape index (κ2) is 13.2. The fourth-order valence-electron chi connectivity index (χ4n) is 3.41. The van der Waals surface area contributed by atoms with Crippen molar-refractivity contribution in [2.45, 2.75) is 52.2 Å². The summed E-state index contributed by atoms with van der Waals surface area (Å²) in [5, 5.41) is 6.45. The molecule has 1 amide bonds. The molecule has 0 aromatic heterocycles. The summed E-state index contributed by atoms with van der Waals surface area (Å²) in [7, 11) is 3.54. The number of ether oxygens (including phenoxy) is 2. The van der Waals surface area contributed by atoms with Crippen LogP contribution < -0.4 is 10.6 Å². The second-order valence-electron chi connectivity index (χ2n) is 7.80. The Morgan fingerprint density at radius 1 is 1.30 bits per heavy atom. The van der Waals surface area contributed by atoms with Gasteiger partial charge in [0, 0.05) is 58.6 Å². The number of likely N-dealkylation sites (tertiary alicyclic amines) is 1. The number of aliphatic imine (C=N–C) groups is 1. The minimum absolute atomic E-state index is 0.0116. The average molecular weight is 419 g/mol. The Morgan fingerprint density at radius 2 is 2.07 bits per heavy atom. The lowest BCUT2D eigenvalue weighted by molar-refractivity contribution is -0.119. The molecule has 1 aliphatic heterocycles. The summed E-state index contributed by atoms with van der Waals surface area (Å²) in [5.41, 5.74) is 1.94. The van der Waals surface area contributed by atoms with Crippen LogP contribution in [0.4, 0.5) is 5.69 Å². The number of methoxy groups -OCH3 is 1. The Labute approximate surface area is 181 Å². The molecule has 1 aromatic rings. The van der Waals surface area contributed by atoms with E-state index in [1.807, 2.05) is 39.1 Å². The van der Waals surface area contributed by atoms with E-state index in [0.29, 0.717) is 12.6 Å². The van der Waals surface area contributed by atoms with Crippen molar-refractivity contribution in [2.75, 3.05) is 45.8 Å². The molecule has 1 heterocycles. The molecular weight excluding hydrogens is 380 g/mol. The third-order valence-corrected chi connectivity index (χ3v) is 5.50. The number of piperidine rings is 1. The van der Waals surface area contributed by atoms with Gasteiger partial charge in [0.15, 0.2) is 5.96 Å². The van der Waals surface area contributed by atoms with E-state index in [1.165, 1.54) is 0 Å². The Bertz CT molecular complexity index is 672. The van der Waals surface area contributed by atoms with Crippen LogP contribution in [0.5, 0.6) is 0 Å². The van der Waals surface area contributed by atoms with Gasteiger partial charge in [0.2, 0.25) is 5.91 Å². The summed E-state index contributed by atoms with van der Waals surface area (Å²) in [4.78, 5) is 18.9. The molecule has 0 aliphatic carbocycles. The first-order valence-corrected chi connectivity index (χ1v) is 11.0. The largest absolute Gasteiger partial charge is 0.385 e. The molecule has 1 atom stereocenters. The van der Waals surface area contributed by atoms with Crippen molar-refractivity contribution in [3.05, 3.63) is 29.8 Å². The highest BCUT2D eigenvalue weighted by Gasteiger charge is 2.21. The van der Waals surface area contributed by atoms with E-state index in [4.69, 9.17) is 9.47 Å². The van der Waals surface area contributed by atoms with Gasteiger partial charge in [-0.1, -0.05) is 26.0 Å². The van der Waals surface area contributed by atoms with Gasteiger partial charge < -0.3 is 25.0 Å². The van der Waals surface area contributed by atoms with Gasteiger partial charge in [0.25, 0.3) is 0 Å². The van der Waals surface area contributed by atoms with Crippen LogP contribution in [0.2, 0.25) is 0 Å². The zero-order valence-electron chi connectivity index (χ0n) is 18.9. The lowest BCUT2D eigenvalue weighted by Gasteiger charge is -2.34. The van der Waals surface area contributed by atoms with Crippen molar-refractivity contribution in [1.82, 2.24) is 10.2 Å². The van der Waals surface area contributed by atoms with Crippen LogP contribution in [-0.4, -0.2) is 63.3 Å². The smallest absolute Gasteiger partial charge is 0.227 e. The number of amides is 1. The minimum Gasteiger partial charge on any atom is -0.385 e. The fraction of sp³-hybridized carbons (Fsp3) is 0.652. The first kappa shape index (κ1) is 24.2. The molecule has 1 unspecified atom stereocenters. The standard InChI is InChI=1S/C23H38N4O3/c1-5-18(2)22(28)26-20-9-6-8-19(16-20)17-25-23(24-3)27-12-10-21(11-13-27)30-15-7-14-29-4/h6,8-9,16,18,21H,5,7,10-15,17H2,1-4H3,(H,24,25)(H,26,28). The molecule has 168 valence electrons. The van der Waals surface area contributed by atoms with Crippen LogP contribution in [0, 0.1) is 5.92 Å². The topological polar surface area (TPSA) is 75.2 Å². The predicted molar refractivity (Wildman–Crippen MR) is 122 cm³/mol. The molecule has 0 spiro atoms. The molecule has 7 heteroatoms. The molecular formula is C23H38N4O3. The van der Waals surface area contributed by atoms with E-state index in [0.717, 1.165) is 69.2 Å². The summed E-state index contributed by atoms with van der Waals surface area (Å²) in [6, 6.07) is 7.97. The SMILES string of the molecule is CCC(C)C(=O)Nc1cccc(CNC(=NC)N2CCC(OCCCOC)CC2)c1. The molecule has 30 heavy (non-hydrogen) atoms. The van der Waals surface area contributed by atoms with Gasteiger partial charge in [-0.15, -0.1) is 0 Å². The van der Waals surface area contributed by atoms with Crippen molar-refractivity contribution in [3.63, 3.8) is 0 Å². The van der Waals surface area contributed by atoms with Gasteiger partial charge in [-0.25, -0.2) is 0 Å². The summed E-state index contributed by atoms with van der Waals surface area (Å²) in [5.74, 6) is 0.977. The minimum atomic E-state index is 0.0116. The zero-order valence-corrected chi connectivity index (χ0v) is 18.9. The molecule has 1 fully saturated rings. The molecule has 0 bridgehead atoms. The molecule has 2 N–H and O–H groups in total. The number of nitrogens with one attached hydrogen (secondary N) is 2. The molecule has 7 nitrogen and oxygen atoms in total. The molecule has 1 aliphatic rings. The van der Waals surface area contributed by atoms with Crippen LogP contribution in [-0.2, 0) is 20.8 Å². The van der Waals surface area contributed by atoms with Gasteiger partial charge in [-0.2, -0.15) is 0 Å². The van der Waals surface area contributed by atoms with Crippen molar-refractivity contribution in [1.29, 1.82) is 0 Å². The third kappa shape index (κ3) is 7.95. The number of carbonyl (C=O) groups excluding carboxylic acids is 1. The zero-order chi connectivity index (χ0) is 21.8. The van der Waals surface area contributed by atoms with Gasteiger partial charge in [0.05, 0.1) is 6.10 Å². The first-order chi connectivity index (χ1) is 14.6. The number of hydrogen-bond donors (Lipinski definition) is 2. The highest BCUT2D eigenvalue weighted by Crippen LogP contribution is 2.16. The van der Waals surface area contributed by atoms with Crippen molar-refractivity contribution in [3.8, 4) is 0 Å². The van der Waals surface area contributed by atoms with Crippen molar-refractivity contribution >= 4 is 17.6 Å². The maximum absolute atomic E-state index is 12.1. The quantitative estimate of drug-likeness (QED) is 0.347. The maximum atomic E-state index is 12.1. The number of benzene rings is 1. The number of nitrogens with zero attached hydrogens (tertiary/aromatic N) is 2. The van der Waals surface area contributed by atoms with Gasteiger partial charge >= 0.3 is 0 Å². The molecule has 2 rings (SSSR count). The first-order valence-electron chi connectivity index (χ1n) is 11.0. The number of hydrogen-bond acceptors (Lipinski definition) is 4. The van der Waals surface area contributed by atoms with Gasteiger partial charge in [0.1, 0.15) is 0 Å². The van der Waals surface area contributed by atoms with Crippen molar-refractivity contribution < 1.29 is 14.3 Å². The highest BCUT2D eigenvalue weighted by molar-refractivity contribution is 5.92. The molecule has 1 saturated heterocycles. The second-order valence-corrected chi connectivity index (χ2v) is 7.80. The van der Waals surface area contributed by atoms with Crippen molar-refractivity contribution in [2.24, 2.45) is 10.9 Å². The molecule has 0 saturated carbocycles. The van der Waals surface area contributed by atoms with Gasteiger partial charge in [-0.3, -0.25) is 9.79 Å². The number of guanidine groups is 1. The average Bonchev–Trinajstić information content (AvgIpc) is 2.77. The van der Waals surface area contributed by atoms with Crippen LogP contribution >= 0.6 is 0 Å². The van der Waals surface area contributed by atoms with E-state index in [-0.39, 0.29) is 11.8 Å². The Kier molecular flexibility index (Phi) is 10.7. The Hall–Kier alpha value is -2.12. The van der Waals surface area contributed by atoms with Crippen LogP contribution in [0.1, 0.15) is 45.1 Å². The third-order valence-electron chi connectivity index (χ3n) is 5.50. The lowest BCUT2D eigenvalue weighted by Crippen LogP contribution is -2.46. The number of anilines is 1. The van der Waals surface area contributed by atoms with Crippen LogP contribution in [0.25, 0.3) is 0 Å². The summed E-state index contributed by atoms with van der Waals surface area (Å²) in [6.45, 7) is 7.99. The highest BCUT2D eigenvalue weighted by atomic mass is 16.5. The summed E-state index contributed by atoms with van der Waals surface area (Å²) in [6.07, 6.45) is 4.10. The summed E-state index contributed by atoms with van der Waals surface area (Å²) < 4.78 is 11.0. The molecule has 0 radical (unpaired) electrons. The molecule has 1 aromatic carbocycles. The van der Waals surface area contributed by atoms with E-state index in [2.05, 4.69) is 26.6 Å². The van der Waals surface area contributed by atoms with Gasteiger partial charge in [-0.05, 0) is 43.4 Å². The lowest BCUT2D eigenvalue weighted by atomic mass is 10.1. The number of carbonyl (C=O) groups is 1.